The molecule has 0 aromatic carbocycles. The summed E-state index contributed by atoms with van der Waals surface area (Å²) in [6.07, 6.45) is 6.42. The number of ketones is 1. The number of rotatable bonds is 2. The highest BCUT2D eigenvalue weighted by atomic mass is 16.5. The Morgan fingerprint density at radius 1 is 1.50 bits per heavy atom. The molecule has 2 atom stereocenters. The number of ether oxygens (including phenoxy) is 1. The molecule has 0 saturated heterocycles. The lowest BCUT2D eigenvalue weighted by Gasteiger charge is -2.33. The van der Waals surface area contributed by atoms with Crippen molar-refractivity contribution in [3.05, 3.63) is 11.6 Å². The molecule has 1 saturated carbocycles. The number of carbonyl (C=O) groups excluding carboxylic acids is 2. The van der Waals surface area contributed by atoms with Crippen molar-refractivity contribution in [2.24, 2.45) is 11.8 Å². The fourth-order valence-electron chi connectivity index (χ4n) is 2.82. The lowest BCUT2D eigenvalue weighted by molar-refractivity contribution is -0.151. The molecule has 0 spiro atoms. The van der Waals surface area contributed by atoms with Crippen molar-refractivity contribution in [2.75, 3.05) is 6.61 Å². The van der Waals surface area contributed by atoms with Crippen LogP contribution in [0.3, 0.4) is 0 Å². The largest absolute Gasteiger partial charge is 0.466 e. The van der Waals surface area contributed by atoms with E-state index in [1.165, 1.54) is 5.57 Å². The zero-order valence-electron chi connectivity index (χ0n) is 9.70. The normalized spacial score (nSPS) is 29.3. The van der Waals surface area contributed by atoms with E-state index in [0.717, 1.165) is 25.7 Å². The van der Waals surface area contributed by atoms with Gasteiger partial charge in [0.2, 0.25) is 0 Å². The molecule has 2 rings (SSSR count). The van der Waals surface area contributed by atoms with Gasteiger partial charge in [-0.25, -0.2) is 0 Å². The van der Waals surface area contributed by atoms with Crippen molar-refractivity contribution >= 4 is 11.8 Å². The smallest absolute Gasteiger partial charge is 0.309 e. The van der Waals surface area contributed by atoms with Crippen LogP contribution in [0.1, 0.15) is 39.0 Å². The second-order valence-corrected chi connectivity index (χ2v) is 4.60. The Kier molecular flexibility index (Phi) is 3.42. The minimum atomic E-state index is -0.215. The molecule has 3 nitrogen and oxygen atoms in total. The first-order valence-electron chi connectivity index (χ1n) is 6.12. The third kappa shape index (κ3) is 2.18. The SMILES string of the molecule is CCOC(=O)[C@H]1CC(=O)C=C2CCCC[C@@H]21. The average Bonchev–Trinajstić information content (AvgIpc) is 2.28. The van der Waals surface area contributed by atoms with Gasteiger partial charge in [-0.3, -0.25) is 9.59 Å². The Hall–Kier alpha value is -1.12. The topological polar surface area (TPSA) is 43.4 Å². The van der Waals surface area contributed by atoms with E-state index in [1.807, 2.05) is 0 Å². The Labute approximate surface area is 95.9 Å². The van der Waals surface area contributed by atoms with E-state index < -0.39 is 0 Å². The van der Waals surface area contributed by atoms with Crippen LogP contribution >= 0.6 is 0 Å². The van der Waals surface area contributed by atoms with Crippen LogP contribution in [-0.4, -0.2) is 18.4 Å². The minimum absolute atomic E-state index is 0.0891. The Morgan fingerprint density at radius 3 is 3.06 bits per heavy atom. The molecule has 0 bridgehead atoms. The molecule has 0 aromatic heterocycles. The van der Waals surface area contributed by atoms with Gasteiger partial charge in [-0.2, -0.15) is 0 Å². The van der Waals surface area contributed by atoms with Gasteiger partial charge in [-0.15, -0.1) is 0 Å². The molecular formula is C13H18O3. The molecule has 0 aliphatic heterocycles. The maximum atomic E-state index is 11.8. The second kappa shape index (κ2) is 4.81. The Morgan fingerprint density at radius 2 is 2.31 bits per heavy atom. The first kappa shape index (κ1) is 11.4. The zero-order chi connectivity index (χ0) is 11.5. The summed E-state index contributed by atoms with van der Waals surface area (Å²) in [5.41, 5.74) is 1.18. The lowest BCUT2D eigenvalue weighted by Crippen LogP contribution is -2.34. The van der Waals surface area contributed by atoms with Crippen LogP contribution in [0, 0.1) is 11.8 Å². The van der Waals surface area contributed by atoms with Gasteiger partial charge in [0.15, 0.2) is 5.78 Å². The van der Waals surface area contributed by atoms with Crippen LogP contribution in [-0.2, 0) is 14.3 Å². The predicted octanol–water partition coefficient (Wildman–Crippen LogP) is 2.26. The minimum Gasteiger partial charge on any atom is -0.466 e. The number of hydrogen-bond acceptors (Lipinski definition) is 3. The second-order valence-electron chi connectivity index (χ2n) is 4.60. The number of carbonyl (C=O) groups is 2. The summed E-state index contributed by atoms with van der Waals surface area (Å²) < 4.78 is 5.06. The van der Waals surface area contributed by atoms with Crippen LogP contribution in [0.15, 0.2) is 11.6 Å². The zero-order valence-corrected chi connectivity index (χ0v) is 9.70. The lowest BCUT2D eigenvalue weighted by atomic mass is 9.71. The fraction of sp³-hybridized carbons (Fsp3) is 0.692. The van der Waals surface area contributed by atoms with Gasteiger partial charge in [-0.1, -0.05) is 12.0 Å². The number of allylic oxidation sites excluding steroid dienone is 2. The Bertz CT molecular complexity index is 330. The van der Waals surface area contributed by atoms with Crippen molar-refractivity contribution in [1.82, 2.24) is 0 Å². The van der Waals surface area contributed by atoms with Gasteiger partial charge < -0.3 is 4.74 Å². The van der Waals surface area contributed by atoms with E-state index in [9.17, 15) is 9.59 Å². The van der Waals surface area contributed by atoms with Crippen LogP contribution in [0.2, 0.25) is 0 Å². The summed E-state index contributed by atoms with van der Waals surface area (Å²) in [5, 5.41) is 0. The highest BCUT2D eigenvalue weighted by molar-refractivity contribution is 5.95. The molecule has 0 radical (unpaired) electrons. The number of fused-ring (bicyclic) bond motifs is 1. The van der Waals surface area contributed by atoms with Gasteiger partial charge in [-0.05, 0) is 38.2 Å². The van der Waals surface area contributed by atoms with Crippen LogP contribution in [0.5, 0.6) is 0 Å². The average molecular weight is 222 g/mol. The molecule has 16 heavy (non-hydrogen) atoms. The molecule has 88 valence electrons. The van der Waals surface area contributed by atoms with Gasteiger partial charge in [0.05, 0.1) is 12.5 Å². The summed E-state index contributed by atoms with van der Waals surface area (Å²) >= 11 is 0. The molecule has 0 amide bonds. The van der Waals surface area contributed by atoms with Gasteiger partial charge in [0.1, 0.15) is 0 Å². The van der Waals surface area contributed by atoms with Crippen molar-refractivity contribution in [3.63, 3.8) is 0 Å². The quantitative estimate of drug-likeness (QED) is 0.673. The summed E-state index contributed by atoms with van der Waals surface area (Å²) in [4.78, 5) is 23.3. The maximum Gasteiger partial charge on any atom is 0.309 e. The molecule has 0 aromatic rings. The number of hydrogen-bond donors (Lipinski definition) is 0. The van der Waals surface area contributed by atoms with Gasteiger partial charge in [0, 0.05) is 6.42 Å². The van der Waals surface area contributed by atoms with Crippen LogP contribution in [0.4, 0.5) is 0 Å². The van der Waals surface area contributed by atoms with Crippen molar-refractivity contribution in [3.8, 4) is 0 Å². The molecule has 0 unspecified atom stereocenters. The highest BCUT2D eigenvalue weighted by Crippen LogP contribution is 2.39. The fourth-order valence-corrected chi connectivity index (χ4v) is 2.82. The highest BCUT2D eigenvalue weighted by Gasteiger charge is 2.37. The van der Waals surface area contributed by atoms with E-state index in [4.69, 9.17) is 4.74 Å². The van der Waals surface area contributed by atoms with Crippen LogP contribution < -0.4 is 0 Å². The van der Waals surface area contributed by atoms with Crippen molar-refractivity contribution < 1.29 is 14.3 Å². The molecule has 0 N–H and O–H groups in total. The van der Waals surface area contributed by atoms with Gasteiger partial charge in [0.25, 0.3) is 0 Å². The molecule has 3 heteroatoms. The molecule has 0 heterocycles. The monoisotopic (exact) mass is 222 g/mol. The summed E-state index contributed by atoms with van der Waals surface area (Å²) in [6.45, 7) is 2.20. The molecular weight excluding hydrogens is 204 g/mol. The van der Waals surface area contributed by atoms with E-state index in [0.29, 0.717) is 13.0 Å². The van der Waals surface area contributed by atoms with E-state index in [1.54, 1.807) is 13.0 Å². The van der Waals surface area contributed by atoms with Crippen LogP contribution in [0.25, 0.3) is 0 Å². The summed E-state index contributed by atoms with van der Waals surface area (Å²) in [6, 6.07) is 0. The first-order valence-corrected chi connectivity index (χ1v) is 6.12. The van der Waals surface area contributed by atoms with Gasteiger partial charge >= 0.3 is 5.97 Å². The number of esters is 1. The molecule has 2 aliphatic rings. The standard InChI is InChI=1S/C13H18O3/c1-2-16-13(15)12-8-10(14)7-9-5-3-4-6-11(9)12/h7,11-12H,2-6,8H2,1H3/t11-,12-/m0/s1. The Balaban J connectivity index is 2.16. The third-order valence-corrected chi connectivity index (χ3v) is 3.55. The van der Waals surface area contributed by atoms with E-state index >= 15 is 0 Å². The summed E-state index contributed by atoms with van der Waals surface area (Å²) in [7, 11) is 0. The predicted molar refractivity (Wildman–Crippen MR) is 59.8 cm³/mol. The van der Waals surface area contributed by atoms with Crippen molar-refractivity contribution in [2.45, 2.75) is 39.0 Å². The molecule has 1 fully saturated rings. The third-order valence-electron chi connectivity index (χ3n) is 3.55. The first-order chi connectivity index (χ1) is 7.72. The molecule has 2 aliphatic carbocycles. The van der Waals surface area contributed by atoms with E-state index in [2.05, 4.69) is 0 Å². The summed E-state index contributed by atoms with van der Waals surface area (Å²) in [5.74, 6) is -0.0437. The van der Waals surface area contributed by atoms with E-state index in [-0.39, 0.29) is 23.6 Å². The van der Waals surface area contributed by atoms with Crippen molar-refractivity contribution in [1.29, 1.82) is 0 Å². The maximum absolute atomic E-state index is 11.8.